The Bertz CT molecular complexity index is 776. The third-order valence-corrected chi connectivity index (χ3v) is 4.89. The number of halogens is 6. The van der Waals surface area contributed by atoms with Crippen LogP contribution in [-0.2, 0) is 11.2 Å². The maximum absolute atomic E-state index is 13.1. The van der Waals surface area contributed by atoms with E-state index in [-0.39, 0.29) is 33.0 Å². The van der Waals surface area contributed by atoms with E-state index in [4.69, 9.17) is 0 Å². The number of alkyl halides is 6. The fourth-order valence-corrected chi connectivity index (χ4v) is 3.07. The summed E-state index contributed by atoms with van der Waals surface area (Å²) >= 11 is 0. The summed E-state index contributed by atoms with van der Waals surface area (Å²) in [4.78, 5) is 0. The fraction of sp³-hybridized carbons (Fsp3) is 0.444. The Balaban J connectivity index is 2.76. The molecule has 0 heterocycles. The normalized spacial score (nSPS) is 17.8. The topological polar surface area (TPSA) is 40.5 Å². The molecule has 0 aromatic heterocycles. The summed E-state index contributed by atoms with van der Waals surface area (Å²) in [5, 5.41) is 20.4. The van der Waals surface area contributed by atoms with Crippen molar-refractivity contribution in [1.29, 1.82) is 0 Å². The molecule has 2 aromatic rings. The molecule has 2 aromatic carbocycles. The molecule has 0 aliphatic heterocycles. The highest BCUT2D eigenvalue weighted by Crippen LogP contribution is 2.44. The van der Waals surface area contributed by atoms with Crippen LogP contribution in [0, 0.1) is 13.8 Å². The van der Waals surface area contributed by atoms with E-state index in [0.717, 1.165) is 12.1 Å². The molecule has 2 N–H and O–H groups in total. The summed E-state index contributed by atoms with van der Waals surface area (Å²) in [6.45, 7) is 3.96. The van der Waals surface area contributed by atoms with E-state index in [1.807, 2.05) is 0 Å². The summed E-state index contributed by atoms with van der Waals surface area (Å²) in [7, 11) is 0. The number of fused-ring (bicyclic) bond motifs is 1. The van der Waals surface area contributed by atoms with Crippen molar-refractivity contribution in [3.8, 4) is 0 Å². The molecule has 0 saturated heterocycles. The minimum Gasteiger partial charge on any atom is -0.376 e. The Morgan fingerprint density at radius 1 is 0.615 bits per heavy atom. The molecule has 2 atom stereocenters. The first-order valence-electron chi connectivity index (χ1n) is 7.65. The number of hydrogen-bond donors (Lipinski definition) is 2. The van der Waals surface area contributed by atoms with E-state index >= 15 is 0 Å². The molecule has 2 unspecified atom stereocenters. The smallest absolute Gasteiger partial charge is 0.376 e. The molecule has 26 heavy (non-hydrogen) atoms. The van der Waals surface area contributed by atoms with Gasteiger partial charge in [0.2, 0.25) is 0 Å². The summed E-state index contributed by atoms with van der Waals surface area (Å²) in [5.41, 5.74) is -6.76. The van der Waals surface area contributed by atoms with E-state index in [1.54, 1.807) is 0 Å². The number of aryl methyl sites for hydroxylation is 2. The van der Waals surface area contributed by atoms with Crippen LogP contribution in [0.3, 0.4) is 0 Å². The van der Waals surface area contributed by atoms with Crippen molar-refractivity contribution in [3.05, 3.63) is 46.5 Å². The van der Waals surface area contributed by atoms with Gasteiger partial charge in [-0.1, -0.05) is 24.3 Å². The van der Waals surface area contributed by atoms with Crippen LogP contribution in [0.25, 0.3) is 10.8 Å². The average molecular weight is 380 g/mol. The third kappa shape index (κ3) is 2.95. The first kappa shape index (κ1) is 20.5. The lowest BCUT2D eigenvalue weighted by molar-refractivity contribution is -0.259. The number of rotatable bonds is 2. The first-order valence-corrected chi connectivity index (χ1v) is 7.65. The van der Waals surface area contributed by atoms with Gasteiger partial charge in [0.15, 0.2) is 11.2 Å². The van der Waals surface area contributed by atoms with Gasteiger partial charge in [0.1, 0.15) is 0 Å². The second kappa shape index (κ2) is 5.85. The van der Waals surface area contributed by atoms with E-state index < -0.39 is 23.6 Å². The molecule has 144 valence electrons. The average Bonchev–Trinajstić information content (AvgIpc) is 2.45. The van der Waals surface area contributed by atoms with Gasteiger partial charge in [-0.3, -0.25) is 0 Å². The van der Waals surface area contributed by atoms with E-state index in [9.17, 15) is 36.6 Å². The highest BCUT2D eigenvalue weighted by molar-refractivity contribution is 5.90. The summed E-state index contributed by atoms with van der Waals surface area (Å²) < 4.78 is 78.7. The quantitative estimate of drug-likeness (QED) is 0.720. The number of benzene rings is 2. The fourth-order valence-electron chi connectivity index (χ4n) is 3.07. The van der Waals surface area contributed by atoms with E-state index in [1.165, 1.54) is 26.0 Å². The van der Waals surface area contributed by atoms with Crippen LogP contribution in [0.2, 0.25) is 0 Å². The molecule has 2 rings (SSSR count). The summed E-state index contributed by atoms with van der Waals surface area (Å²) in [6.07, 6.45) is -9.83. The Labute approximate surface area is 146 Å². The van der Waals surface area contributed by atoms with Crippen LogP contribution in [-0.4, -0.2) is 22.6 Å². The van der Waals surface area contributed by atoms with E-state index in [0.29, 0.717) is 13.8 Å². The molecule has 0 fully saturated rings. The standard InChI is InChI=1S/C18H18F6O2/c1-9-11-5-8-14(16(4,26)18(22,23)24)10(2)12(11)6-7-13(9)15(3,25)17(19,20)21/h5-8,25-26H,1-4H3. The molecular weight excluding hydrogens is 362 g/mol. The molecule has 0 aliphatic rings. The van der Waals surface area contributed by atoms with Gasteiger partial charge in [0, 0.05) is 0 Å². The first-order chi connectivity index (χ1) is 11.5. The van der Waals surface area contributed by atoms with Crippen molar-refractivity contribution in [2.24, 2.45) is 0 Å². The second-order valence-electron chi connectivity index (χ2n) is 6.71. The number of aliphatic hydroxyl groups is 2. The lowest BCUT2D eigenvalue weighted by atomic mass is 9.84. The Hall–Kier alpha value is -1.80. The summed E-state index contributed by atoms with van der Waals surface area (Å²) in [6, 6.07) is 4.54. The van der Waals surface area contributed by atoms with Crippen LogP contribution in [0.15, 0.2) is 24.3 Å². The molecule has 0 amide bonds. The molecule has 0 radical (unpaired) electrons. The highest BCUT2D eigenvalue weighted by atomic mass is 19.4. The van der Waals surface area contributed by atoms with Gasteiger partial charge >= 0.3 is 12.4 Å². The molecule has 8 heteroatoms. The highest BCUT2D eigenvalue weighted by Gasteiger charge is 2.53. The van der Waals surface area contributed by atoms with Crippen molar-refractivity contribution in [2.75, 3.05) is 0 Å². The van der Waals surface area contributed by atoms with Crippen molar-refractivity contribution in [1.82, 2.24) is 0 Å². The zero-order valence-electron chi connectivity index (χ0n) is 14.5. The minimum absolute atomic E-state index is 0.103. The molecule has 0 saturated carbocycles. The third-order valence-electron chi connectivity index (χ3n) is 4.89. The van der Waals surface area contributed by atoms with Gasteiger partial charge in [0.05, 0.1) is 0 Å². The second-order valence-corrected chi connectivity index (χ2v) is 6.71. The SMILES string of the molecule is Cc1c(C(C)(O)C(F)(F)F)ccc2c(C)c(C(C)(O)C(F)(F)F)ccc12. The maximum Gasteiger partial charge on any atom is 0.421 e. The Morgan fingerprint density at radius 2 is 0.885 bits per heavy atom. The zero-order valence-corrected chi connectivity index (χ0v) is 14.5. The molecule has 2 nitrogen and oxygen atoms in total. The van der Waals surface area contributed by atoms with Crippen molar-refractivity contribution < 1.29 is 36.6 Å². The van der Waals surface area contributed by atoms with Gasteiger partial charge in [0.25, 0.3) is 0 Å². The van der Waals surface area contributed by atoms with Gasteiger partial charge < -0.3 is 10.2 Å². The largest absolute Gasteiger partial charge is 0.421 e. The molecular formula is C18H18F6O2. The monoisotopic (exact) mass is 380 g/mol. The summed E-state index contributed by atoms with van der Waals surface area (Å²) in [5.74, 6) is 0. The van der Waals surface area contributed by atoms with Crippen LogP contribution in [0.1, 0.15) is 36.1 Å². The van der Waals surface area contributed by atoms with Crippen LogP contribution >= 0.6 is 0 Å². The van der Waals surface area contributed by atoms with Gasteiger partial charge in [-0.05, 0) is 60.7 Å². The van der Waals surface area contributed by atoms with Crippen molar-refractivity contribution >= 4 is 10.8 Å². The van der Waals surface area contributed by atoms with Gasteiger partial charge in [-0.25, -0.2) is 0 Å². The van der Waals surface area contributed by atoms with Gasteiger partial charge in [-0.15, -0.1) is 0 Å². The predicted molar refractivity (Wildman–Crippen MR) is 84.7 cm³/mol. The van der Waals surface area contributed by atoms with E-state index in [2.05, 4.69) is 0 Å². The molecule has 0 aliphatic carbocycles. The Kier molecular flexibility index (Phi) is 4.62. The molecule has 0 spiro atoms. The molecule has 0 bridgehead atoms. The van der Waals surface area contributed by atoms with Gasteiger partial charge in [-0.2, -0.15) is 26.3 Å². The van der Waals surface area contributed by atoms with Crippen molar-refractivity contribution in [2.45, 2.75) is 51.2 Å². The predicted octanol–water partition coefficient (Wildman–Crippen LogP) is 5.00. The Morgan fingerprint density at radius 3 is 1.12 bits per heavy atom. The van der Waals surface area contributed by atoms with Crippen LogP contribution < -0.4 is 0 Å². The minimum atomic E-state index is -4.92. The lowest BCUT2D eigenvalue weighted by Crippen LogP contribution is -2.40. The van der Waals surface area contributed by atoms with Crippen LogP contribution in [0.5, 0.6) is 0 Å². The number of hydrogen-bond acceptors (Lipinski definition) is 2. The zero-order chi connectivity index (χ0) is 20.3. The van der Waals surface area contributed by atoms with Crippen LogP contribution in [0.4, 0.5) is 26.3 Å². The van der Waals surface area contributed by atoms with Crippen molar-refractivity contribution in [3.63, 3.8) is 0 Å². The lowest BCUT2D eigenvalue weighted by Gasteiger charge is -2.30. The maximum atomic E-state index is 13.1.